The molecule has 3 aliphatic heterocycles. The number of rotatable bonds is 11. The molecule has 1 aromatic heterocycles. The van der Waals surface area contributed by atoms with E-state index in [1.807, 2.05) is 54.6 Å². The molecule has 3 aliphatic rings. The lowest BCUT2D eigenvalue weighted by atomic mass is 9.65. The zero-order chi connectivity index (χ0) is 31.2. The van der Waals surface area contributed by atoms with Crippen molar-refractivity contribution in [3.05, 3.63) is 79.9 Å². The molecule has 11 heteroatoms. The van der Waals surface area contributed by atoms with Crippen molar-refractivity contribution in [2.24, 2.45) is 17.8 Å². The van der Waals surface area contributed by atoms with Gasteiger partial charge in [-0.25, -0.2) is 4.68 Å². The van der Waals surface area contributed by atoms with Crippen LogP contribution in [0.4, 0.5) is 5.69 Å². The normalized spacial score (nSPS) is 27.8. The van der Waals surface area contributed by atoms with Crippen LogP contribution in [0.25, 0.3) is 11.0 Å². The molecule has 2 aromatic carbocycles. The van der Waals surface area contributed by atoms with Crippen molar-refractivity contribution in [1.82, 2.24) is 24.8 Å². The molecule has 7 atom stereocenters. The number of aliphatic hydroxyl groups is 1. The van der Waals surface area contributed by atoms with Crippen LogP contribution in [0.3, 0.4) is 0 Å². The third-order valence-corrected chi connectivity index (χ3v) is 11.5. The Morgan fingerprint density at radius 1 is 1.11 bits per heavy atom. The van der Waals surface area contributed by atoms with Gasteiger partial charge in [0.25, 0.3) is 0 Å². The van der Waals surface area contributed by atoms with E-state index in [1.54, 1.807) is 50.2 Å². The van der Waals surface area contributed by atoms with Crippen LogP contribution in [-0.4, -0.2) is 89.4 Å². The first-order valence-electron chi connectivity index (χ1n) is 15.0. The minimum atomic E-state index is -0.871. The summed E-state index contributed by atoms with van der Waals surface area (Å²) in [5.41, 5.74) is 2.24. The molecule has 0 saturated carbocycles. The van der Waals surface area contributed by atoms with Gasteiger partial charge in [-0.2, -0.15) is 0 Å². The Hall–Kier alpha value is -3.96. The number of benzene rings is 2. The Morgan fingerprint density at radius 2 is 1.82 bits per heavy atom. The van der Waals surface area contributed by atoms with Crippen molar-refractivity contribution >= 4 is 46.2 Å². The smallest absolute Gasteiger partial charge is 0.248 e. The molecule has 3 amide bonds. The SMILES string of the molecule is C=CCN(Cn1nnc2ccccc21)C(=O)C1N([C@H](C)CO)C(=O)[C@@H]2[C@H](C(=O)N(CC=C)c3ccccc3)[C@@H]3CC(C)C12S3. The van der Waals surface area contributed by atoms with E-state index >= 15 is 0 Å². The van der Waals surface area contributed by atoms with E-state index in [0.717, 1.165) is 11.2 Å². The molecule has 3 aromatic rings. The summed E-state index contributed by atoms with van der Waals surface area (Å²) in [6.07, 6.45) is 4.06. The van der Waals surface area contributed by atoms with Gasteiger partial charge in [-0.05, 0) is 43.5 Å². The molecule has 6 rings (SSSR count). The summed E-state index contributed by atoms with van der Waals surface area (Å²) in [5.74, 6) is -1.96. The summed E-state index contributed by atoms with van der Waals surface area (Å²) in [6, 6.07) is 15.5. The molecule has 3 fully saturated rings. The lowest BCUT2D eigenvalue weighted by molar-refractivity contribution is -0.146. The molecule has 1 spiro atoms. The lowest BCUT2D eigenvalue weighted by Crippen LogP contribution is -2.59. The number of anilines is 1. The van der Waals surface area contributed by atoms with Crippen molar-refractivity contribution in [2.45, 2.75) is 49.0 Å². The summed E-state index contributed by atoms with van der Waals surface area (Å²) in [7, 11) is 0. The highest BCUT2D eigenvalue weighted by molar-refractivity contribution is 8.02. The van der Waals surface area contributed by atoms with Crippen LogP contribution in [0.1, 0.15) is 20.3 Å². The topological polar surface area (TPSA) is 112 Å². The number of para-hydroxylation sites is 2. The van der Waals surface area contributed by atoms with Crippen LogP contribution in [0, 0.1) is 17.8 Å². The van der Waals surface area contributed by atoms with Crippen molar-refractivity contribution in [3.8, 4) is 0 Å². The Balaban J connectivity index is 1.41. The second kappa shape index (κ2) is 11.9. The predicted octanol–water partition coefficient (Wildman–Crippen LogP) is 3.34. The van der Waals surface area contributed by atoms with E-state index in [-0.39, 0.29) is 48.7 Å². The highest BCUT2D eigenvalue weighted by Gasteiger charge is 2.76. The molecule has 3 saturated heterocycles. The molecular formula is C33H38N6O4S. The molecule has 0 radical (unpaired) electrons. The Bertz CT molecular complexity index is 1600. The monoisotopic (exact) mass is 614 g/mol. The first-order chi connectivity index (χ1) is 21.3. The number of nitrogens with zero attached hydrogens (tertiary/aromatic N) is 6. The van der Waals surface area contributed by atoms with Gasteiger partial charge in [-0.1, -0.05) is 54.6 Å². The number of fused-ring (bicyclic) bond motifs is 2. The van der Waals surface area contributed by atoms with Crippen LogP contribution in [0.2, 0.25) is 0 Å². The van der Waals surface area contributed by atoms with Gasteiger partial charge < -0.3 is 19.8 Å². The maximum atomic E-state index is 14.8. The maximum Gasteiger partial charge on any atom is 0.248 e. The summed E-state index contributed by atoms with van der Waals surface area (Å²) in [6.45, 7) is 11.9. The molecular weight excluding hydrogens is 576 g/mol. The second-order valence-corrected chi connectivity index (χ2v) is 13.5. The minimum Gasteiger partial charge on any atom is -0.394 e. The van der Waals surface area contributed by atoms with E-state index < -0.39 is 28.7 Å². The van der Waals surface area contributed by atoms with E-state index in [4.69, 9.17) is 0 Å². The van der Waals surface area contributed by atoms with Crippen LogP contribution in [0.15, 0.2) is 79.9 Å². The fraction of sp³-hybridized carbons (Fsp3) is 0.424. The molecule has 4 heterocycles. The van der Waals surface area contributed by atoms with Crippen LogP contribution in [0.5, 0.6) is 0 Å². The Labute approximate surface area is 261 Å². The van der Waals surface area contributed by atoms with Crippen LogP contribution in [-0.2, 0) is 21.1 Å². The van der Waals surface area contributed by atoms with Crippen LogP contribution >= 0.6 is 11.8 Å². The Kier molecular flexibility index (Phi) is 8.10. The molecule has 3 unspecified atom stereocenters. The summed E-state index contributed by atoms with van der Waals surface area (Å²) >= 11 is 1.62. The third kappa shape index (κ3) is 4.56. The van der Waals surface area contributed by atoms with Gasteiger partial charge in [-0.15, -0.1) is 30.0 Å². The van der Waals surface area contributed by atoms with Crippen molar-refractivity contribution in [3.63, 3.8) is 0 Å². The summed E-state index contributed by atoms with van der Waals surface area (Å²) in [5, 5.41) is 18.7. The third-order valence-electron chi connectivity index (χ3n) is 9.47. The summed E-state index contributed by atoms with van der Waals surface area (Å²) in [4.78, 5) is 48.7. The quantitative estimate of drug-likeness (QED) is 0.330. The molecule has 0 aliphatic carbocycles. The minimum absolute atomic E-state index is 0.0114. The van der Waals surface area contributed by atoms with Gasteiger partial charge in [0.05, 0.1) is 34.7 Å². The zero-order valence-corrected chi connectivity index (χ0v) is 25.8. The number of aromatic nitrogens is 3. The second-order valence-electron chi connectivity index (χ2n) is 12.0. The van der Waals surface area contributed by atoms with Gasteiger partial charge in [-0.3, -0.25) is 14.4 Å². The van der Waals surface area contributed by atoms with E-state index in [0.29, 0.717) is 18.5 Å². The number of aliphatic hydroxyl groups excluding tert-OH is 1. The summed E-state index contributed by atoms with van der Waals surface area (Å²) < 4.78 is 0.841. The average Bonchev–Trinajstić information content (AvgIpc) is 3.76. The van der Waals surface area contributed by atoms with E-state index in [2.05, 4.69) is 30.4 Å². The number of carbonyl (C=O) groups excluding carboxylic acids is 3. The number of carbonyl (C=O) groups is 3. The van der Waals surface area contributed by atoms with Gasteiger partial charge in [0, 0.05) is 24.0 Å². The molecule has 10 nitrogen and oxygen atoms in total. The average molecular weight is 615 g/mol. The predicted molar refractivity (Wildman–Crippen MR) is 170 cm³/mol. The van der Waals surface area contributed by atoms with Gasteiger partial charge >= 0.3 is 0 Å². The Morgan fingerprint density at radius 3 is 2.52 bits per heavy atom. The largest absolute Gasteiger partial charge is 0.394 e. The van der Waals surface area contributed by atoms with E-state index in [1.165, 1.54) is 0 Å². The number of hydrogen-bond donors (Lipinski definition) is 1. The molecule has 1 N–H and O–H groups in total. The standard InChI is InChI=1S/C33H38N6O4S/c1-5-16-36(20-38-25-15-11-10-14-24(25)34-35-38)32(43)29-33-21(3)18-26(44-33)27(28(33)31(42)39(29)22(4)19-40)30(41)37(17-6-2)23-12-8-7-9-13-23/h5-15,21-22,26-29,40H,1-2,16-20H2,3-4H3/t21?,22-,26+,27-,28+,29?,33?/m1/s1. The zero-order valence-electron chi connectivity index (χ0n) is 25.0. The van der Waals surface area contributed by atoms with Crippen molar-refractivity contribution in [1.29, 1.82) is 0 Å². The first-order valence-corrected chi connectivity index (χ1v) is 15.9. The number of thioether (sulfide) groups is 1. The number of hydrogen-bond acceptors (Lipinski definition) is 7. The van der Waals surface area contributed by atoms with E-state index in [9.17, 15) is 19.5 Å². The fourth-order valence-electron chi connectivity index (χ4n) is 7.55. The van der Waals surface area contributed by atoms with Crippen molar-refractivity contribution in [2.75, 3.05) is 24.6 Å². The van der Waals surface area contributed by atoms with Gasteiger partial charge in [0.2, 0.25) is 17.7 Å². The van der Waals surface area contributed by atoms with Crippen LogP contribution < -0.4 is 4.90 Å². The molecule has 2 bridgehead atoms. The first kappa shape index (κ1) is 30.1. The fourth-order valence-corrected chi connectivity index (χ4v) is 9.95. The number of likely N-dealkylation sites (tertiary alicyclic amines) is 1. The highest BCUT2D eigenvalue weighted by Crippen LogP contribution is 2.69. The molecule has 230 valence electrons. The van der Waals surface area contributed by atoms with Gasteiger partial charge in [0.15, 0.2) is 0 Å². The van der Waals surface area contributed by atoms with Gasteiger partial charge in [0.1, 0.15) is 18.2 Å². The maximum absolute atomic E-state index is 14.8. The molecule has 44 heavy (non-hydrogen) atoms. The lowest BCUT2D eigenvalue weighted by Gasteiger charge is -2.41. The highest BCUT2D eigenvalue weighted by atomic mass is 32.2. The number of amides is 3. The van der Waals surface area contributed by atoms with Crippen molar-refractivity contribution < 1.29 is 19.5 Å².